The number of guanidine groups is 1. The lowest BCUT2D eigenvalue weighted by atomic mass is 10.1. The van der Waals surface area contributed by atoms with E-state index in [2.05, 4.69) is 62.4 Å². The van der Waals surface area contributed by atoms with Crippen molar-refractivity contribution in [3.63, 3.8) is 0 Å². The van der Waals surface area contributed by atoms with Gasteiger partial charge in [0.1, 0.15) is 5.75 Å². The van der Waals surface area contributed by atoms with Crippen LogP contribution in [-0.4, -0.2) is 73.2 Å². The minimum absolute atomic E-state index is 0.584. The molecule has 0 aliphatic carbocycles. The number of ether oxygens (including phenoxy) is 1. The van der Waals surface area contributed by atoms with Gasteiger partial charge in [-0.2, -0.15) is 0 Å². The van der Waals surface area contributed by atoms with Crippen LogP contribution >= 0.6 is 0 Å². The monoisotopic (exact) mass is 425 g/mol. The van der Waals surface area contributed by atoms with Gasteiger partial charge in [0.15, 0.2) is 5.96 Å². The summed E-state index contributed by atoms with van der Waals surface area (Å²) in [5.74, 6) is 2.58. The van der Waals surface area contributed by atoms with Crippen molar-refractivity contribution >= 4 is 11.9 Å². The zero-order chi connectivity index (χ0) is 21.9. The fraction of sp³-hybridized carbons (Fsp3) is 0.522. The molecule has 3 rings (SSSR count). The number of aromatic nitrogens is 2. The van der Waals surface area contributed by atoms with Crippen molar-refractivity contribution in [3.8, 4) is 5.75 Å². The SMILES string of the molecule is CCNC(=NCc1ccc(C)cc1OCC)NCCN1CCN(c2ncccn2)CC1. The van der Waals surface area contributed by atoms with Crippen LogP contribution in [0.1, 0.15) is 25.0 Å². The van der Waals surface area contributed by atoms with E-state index in [1.165, 1.54) is 5.56 Å². The maximum atomic E-state index is 5.78. The van der Waals surface area contributed by atoms with Crippen molar-refractivity contribution in [2.45, 2.75) is 27.3 Å². The molecule has 1 aliphatic rings. The molecule has 0 bridgehead atoms. The van der Waals surface area contributed by atoms with Gasteiger partial charge in [-0.15, -0.1) is 0 Å². The third-order valence-corrected chi connectivity index (χ3v) is 5.20. The van der Waals surface area contributed by atoms with E-state index in [1.807, 2.05) is 13.0 Å². The summed E-state index contributed by atoms with van der Waals surface area (Å²) in [6.45, 7) is 14.0. The molecule has 8 heteroatoms. The average Bonchev–Trinajstić information content (AvgIpc) is 2.80. The molecule has 1 aromatic carbocycles. The Kier molecular flexibility index (Phi) is 8.90. The first kappa shape index (κ1) is 22.8. The highest BCUT2D eigenvalue weighted by Crippen LogP contribution is 2.21. The van der Waals surface area contributed by atoms with E-state index in [-0.39, 0.29) is 0 Å². The third-order valence-electron chi connectivity index (χ3n) is 5.20. The van der Waals surface area contributed by atoms with E-state index >= 15 is 0 Å². The van der Waals surface area contributed by atoms with E-state index in [1.54, 1.807) is 12.4 Å². The summed E-state index contributed by atoms with van der Waals surface area (Å²) in [7, 11) is 0. The largest absolute Gasteiger partial charge is 0.494 e. The molecule has 1 aromatic heterocycles. The highest BCUT2D eigenvalue weighted by Gasteiger charge is 2.18. The van der Waals surface area contributed by atoms with Gasteiger partial charge in [0, 0.05) is 63.8 Å². The van der Waals surface area contributed by atoms with E-state index in [0.29, 0.717) is 13.2 Å². The second kappa shape index (κ2) is 12.1. The van der Waals surface area contributed by atoms with Crippen molar-refractivity contribution in [1.29, 1.82) is 0 Å². The molecule has 0 unspecified atom stereocenters. The molecular weight excluding hydrogens is 390 g/mol. The Labute approximate surface area is 185 Å². The number of anilines is 1. The van der Waals surface area contributed by atoms with Crippen LogP contribution in [0.4, 0.5) is 5.95 Å². The maximum absolute atomic E-state index is 5.78. The van der Waals surface area contributed by atoms with Gasteiger partial charge in [-0.05, 0) is 38.5 Å². The van der Waals surface area contributed by atoms with Gasteiger partial charge in [-0.3, -0.25) is 4.90 Å². The van der Waals surface area contributed by atoms with Gasteiger partial charge in [0.05, 0.1) is 13.2 Å². The lowest BCUT2D eigenvalue weighted by Crippen LogP contribution is -2.49. The second-order valence-corrected chi connectivity index (χ2v) is 7.54. The molecule has 0 saturated carbocycles. The molecule has 31 heavy (non-hydrogen) atoms. The minimum Gasteiger partial charge on any atom is -0.494 e. The fourth-order valence-corrected chi connectivity index (χ4v) is 3.55. The number of rotatable bonds is 9. The molecule has 8 nitrogen and oxygen atoms in total. The van der Waals surface area contributed by atoms with Gasteiger partial charge in [0.25, 0.3) is 0 Å². The van der Waals surface area contributed by atoms with Crippen LogP contribution in [-0.2, 0) is 6.54 Å². The third kappa shape index (κ3) is 7.10. The Morgan fingerprint density at radius 3 is 2.58 bits per heavy atom. The molecule has 1 saturated heterocycles. The predicted molar refractivity (Wildman–Crippen MR) is 126 cm³/mol. The summed E-state index contributed by atoms with van der Waals surface area (Å²) in [6, 6.07) is 8.14. The minimum atomic E-state index is 0.584. The van der Waals surface area contributed by atoms with Gasteiger partial charge in [-0.1, -0.05) is 12.1 Å². The Bertz CT molecular complexity index is 820. The van der Waals surface area contributed by atoms with Crippen molar-refractivity contribution < 1.29 is 4.74 Å². The van der Waals surface area contributed by atoms with Crippen molar-refractivity contribution in [2.75, 3.05) is 57.3 Å². The number of nitrogens with one attached hydrogen (secondary N) is 2. The molecule has 0 radical (unpaired) electrons. The quantitative estimate of drug-likeness (QED) is 0.470. The molecule has 1 fully saturated rings. The Morgan fingerprint density at radius 2 is 1.87 bits per heavy atom. The lowest BCUT2D eigenvalue weighted by Gasteiger charge is -2.34. The molecule has 2 heterocycles. The number of hydrogen-bond donors (Lipinski definition) is 2. The van der Waals surface area contributed by atoms with Crippen LogP contribution < -0.4 is 20.3 Å². The maximum Gasteiger partial charge on any atom is 0.225 e. The average molecular weight is 426 g/mol. The number of hydrogen-bond acceptors (Lipinski definition) is 6. The fourth-order valence-electron chi connectivity index (χ4n) is 3.55. The molecular formula is C23H35N7O. The highest BCUT2D eigenvalue weighted by atomic mass is 16.5. The highest BCUT2D eigenvalue weighted by molar-refractivity contribution is 5.79. The molecule has 2 aromatic rings. The standard InChI is InChI=1S/C23H35N7O/c1-4-24-22(28-18-20-8-7-19(3)17-21(20)31-5-2)25-11-12-29-13-15-30(16-14-29)23-26-9-6-10-27-23/h6-10,17H,4-5,11-16,18H2,1-3H3,(H2,24,25,28). The Balaban J connectivity index is 1.47. The van der Waals surface area contributed by atoms with Gasteiger partial charge in [0.2, 0.25) is 5.95 Å². The van der Waals surface area contributed by atoms with E-state index in [9.17, 15) is 0 Å². The summed E-state index contributed by atoms with van der Waals surface area (Å²) in [4.78, 5) is 18.2. The lowest BCUT2D eigenvalue weighted by molar-refractivity contribution is 0.260. The zero-order valence-electron chi connectivity index (χ0n) is 19.0. The normalized spacial score (nSPS) is 15.1. The molecule has 2 N–H and O–H groups in total. The predicted octanol–water partition coefficient (Wildman–Crippen LogP) is 2.06. The number of benzene rings is 1. The number of aryl methyl sites for hydroxylation is 1. The van der Waals surface area contributed by atoms with Crippen LogP contribution in [0.2, 0.25) is 0 Å². The number of aliphatic imine (C=N–C) groups is 1. The molecule has 0 amide bonds. The first-order valence-corrected chi connectivity index (χ1v) is 11.2. The van der Waals surface area contributed by atoms with Crippen LogP contribution in [0.5, 0.6) is 5.75 Å². The first-order valence-electron chi connectivity index (χ1n) is 11.2. The summed E-state index contributed by atoms with van der Waals surface area (Å²) < 4.78 is 5.78. The first-order chi connectivity index (χ1) is 15.2. The van der Waals surface area contributed by atoms with Gasteiger partial charge < -0.3 is 20.3 Å². The van der Waals surface area contributed by atoms with E-state index in [0.717, 1.165) is 69.0 Å². The van der Waals surface area contributed by atoms with Crippen LogP contribution in [0.3, 0.4) is 0 Å². The van der Waals surface area contributed by atoms with Crippen molar-refractivity contribution in [3.05, 3.63) is 47.8 Å². The summed E-state index contributed by atoms with van der Waals surface area (Å²) in [6.07, 6.45) is 3.60. The number of piperazine rings is 1. The van der Waals surface area contributed by atoms with Crippen molar-refractivity contribution in [1.82, 2.24) is 25.5 Å². The van der Waals surface area contributed by atoms with Crippen molar-refractivity contribution in [2.24, 2.45) is 4.99 Å². The zero-order valence-corrected chi connectivity index (χ0v) is 19.0. The molecule has 1 aliphatic heterocycles. The molecule has 0 spiro atoms. The molecule has 0 atom stereocenters. The Hall–Kier alpha value is -2.87. The van der Waals surface area contributed by atoms with Crippen LogP contribution in [0, 0.1) is 6.92 Å². The molecule has 168 valence electrons. The topological polar surface area (TPSA) is 77.9 Å². The van der Waals surface area contributed by atoms with Crippen LogP contribution in [0.15, 0.2) is 41.7 Å². The van der Waals surface area contributed by atoms with E-state index in [4.69, 9.17) is 9.73 Å². The smallest absolute Gasteiger partial charge is 0.225 e. The van der Waals surface area contributed by atoms with Crippen LogP contribution in [0.25, 0.3) is 0 Å². The second-order valence-electron chi connectivity index (χ2n) is 7.54. The summed E-state index contributed by atoms with van der Waals surface area (Å²) in [5.41, 5.74) is 2.30. The summed E-state index contributed by atoms with van der Waals surface area (Å²) in [5, 5.41) is 6.80. The van der Waals surface area contributed by atoms with Gasteiger partial charge >= 0.3 is 0 Å². The van der Waals surface area contributed by atoms with E-state index < -0.39 is 0 Å². The Morgan fingerprint density at radius 1 is 1.10 bits per heavy atom. The summed E-state index contributed by atoms with van der Waals surface area (Å²) >= 11 is 0. The number of nitrogens with zero attached hydrogens (tertiary/aromatic N) is 5. The van der Waals surface area contributed by atoms with Gasteiger partial charge in [-0.25, -0.2) is 15.0 Å².